The number of nitrogens with one attached hydrogen (secondary N) is 2. The third-order valence-electron chi connectivity index (χ3n) is 6.06. The Morgan fingerprint density at radius 1 is 1.12 bits per heavy atom. The summed E-state index contributed by atoms with van der Waals surface area (Å²) >= 11 is 0. The molecule has 2 fully saturated rings. The molecule has 10 nitrogen and oxygen atoms in total. The molecule has 1 aromatic rings. The minimum Gasteiger partial charge on any atom is -0.378 e. The molecule has 2 N–H and O–H groups in total. The van der Waals surface area contributed by atoms with Crippen molar-refractivity contribution in [1.29, 1.82) is 0 Å². The van der Waals surface area contributed by atoms with Gasteiger partial charge in [0, 0.05) is 58.4 Å². The van der Waals surface area contributed by atoms with Crippen LogP contribution in [0, 0.1) is 10.1 Å². The smallest absolute Gasteiger partial charge is 0.292 e. The first-order chi connectivity index (χ1) is 15.5. The van der Waals surface area contributed by atoms with Gasteiger partial charge in [-0.05, 0) is 32.8 Å². The maximum absolute atomic E-state index is 12.7. The van der Waals surface area contributed by atoms with Crippen LogP contribution < -0.4 is 10.6 Å². The zero-order valence-corrected chi connectivity index (χ0v) is 19.1. The fraction of sp³-hybridized carbons (Fsp3) is 0.636. The lowest BCUT2D eigenvalue weighted by Crippen LogP contribution is -2.57. The summed E-state index contributed by atoms with van der Waals surface area (Å²) in [7, 11) is 0. The molecule has 1 aromatic carbocycles. The molecule has 2 aliphatic heterocycles. The van der Waals surface area contributed by atoms with Gasteiger partial charge in [0.05, 0.1) is 17.5 Å². The lowest BCUT2D eigenvalue weighted by atomic mass is 10.2. The highest BCUT2D eigenvalue weighted by atomic mass is 16.6. The van der Waals surface area contributed by atoms with Gasteiger partial charge in [0.2, 0.25) is 5.91 Å². The van der Waals surface area contributed by atoms with Gasteiger partial charge < -0.3 is 20.4 Å². The average molecular weight is 446 g/mol. The van der Waals surface area contributed by atoms with Crippen LogP contribution in [-0.4, -0.2) is 96.4 Å². The van der Waals surface area contributed by atoms with E-state index in [2.05, 4.69) is 20.4 Å². The lowest BCUT2D eigenvalue weighted by molar-refractivity contribution is -0.384. The van der Waals surface area contributed by atoms with Crippen molar-refractivity contribution in [3.05, 3.63) is 34.4 Å². The van der Waals surface area contributed by atoms with Crippen molar-refractivity contribution in [3.8, 4) is 0 Å². The van der Waals surface area contributed by atoms with Crippen molar-refractivity contribution in [2.45, 2.75) is 32.7 Å². The number of nitro benzene ring substituents is 1. The van der Waals surface area contributed by atoms with E-state index in [9.17, 15) is 14.9 Å². The van der Waals surface area contributed by atoms with Crippen LogP contribution in [0.15, 0.2) is 29.3 Å². The number of carbonyl (C=O) groups excluding carboxylic acids is 1. The van der Waals surface area contributed by atoms with E-state index < -0.39 is 0 Å². The summed E-state index contributed by atoms with van der Waals surface area (Å²) in [6.45, 7) is 10.8. The van der Waals surface area contributed by atoms with Crippen LogP contribution in [0.4, 0.5) is 11.4 Å². The summed E-state index contributed by atoms with van der Waals surface area (Å²) in [4.78, 5) is 34.6. The Morgan fingerprint density at radius 3 is 2.47 bits per heavy atom. The third-order valence-corrected chi connectivity index (χ3v) is 6.06. The highest BCUT2D eigenvalue weighted by Gasteiger charge is 2.30. The monoisotopic (exact) mass is 445 g/mol. The van der Waals surface area contributed by atoms with Crippen molar-refractivity contribution < 1.29 is 9.72 Å². The average Bonchev–Trinajstić information content (AvgIpc) is 3.35. The molecule has 3 rings (SSSR count). The maximum atomic E-state index is 12.7. The normalized spacial score (nSPS) is 18.5. The van der Waals surface area contributed by atoms with Crippen molar-refractivity contribution in [1.82, 2.24) is 20.0 Å². The van der Waals surface area contributed by atoms with Crippen molar-refractivity contribution in [2.75, 3.05) is 64.2 Å². The molecule has 2 saturated heterocycles. The van der Waals surface area contributed by atoms with E-state index in [4.69, 9.17) is 4.99 Å². The first-order valence-corrected chi connectivity index (χ1v) is 11.5. The fourth-order valence-electron chi connectivity index (χ4n) is 4.24. The second-order valence-corrected chi connectivity index (χ2v) is 8.17. The van der Waals surface area contributed by atoms with E-state index in [0.717, 1.165) is 64.6 Å². The Bertz CT molecular complexity index is 802. The van der Waals surface area contributed by atoms with Crippen LogP contribution in [0.2, 0.25) is 0 Å². The highest BCUT2D eigenvalue weighted by Crippen LogP contribution is 2.22. The summed E-state index contributed by atoms with van der Waals surface area (Å²) in [6, 6.07) is 6.55. The highest BCUT2D eigenvalue weighted by molar-refractivity contribution is 5.82. The summed E-state index contributed by atoms with van der Waals surface area (Å²) < 4.78 is 0. The topological polar surface area (TPSA) is 106 Å². The number of hydrogen-bond acceptors (Lipinski definition) is 6. The van der Waals surface area contributed by atoms with Crippen molar-refractivity contribution >= 4 is 23.2 Å². The van der Waals surface area contributed by atoms with Crippen LogP contribution in [-0.2, 0) is 4.79 Å². The SMILES string of the molecule is CCNC(=NCCNc1ccccc1[N+](=O)[O-])N1CCN(C(C)C(=O)N2CCCC2)CC1. The second-order valence-electron chi connectivity index (χ2n) is 8.17. The van der Waals surface area contributed by atoms with Gasteiger partial charge in [0.1, 0.15) is 5.69 Å². The van der Waals surface area contributed by atoms with Gasteiger partial charge in [-0.1, -0.05) is 12.1 Å². The number of carbonyl (C=O) groups is 1. The quantitative estimate of drug-likeness (QED) is 0.206. The van der Waals surface area contributed by atoms with E-state index in [0.29, 0.717) is 18.8 Å². The molecule has 32 heavy (non-hydrogen) atoms. The molecule has 0 aliphatic carbocycles. The van der Waals surface area contributed by atoms with Crippen molar-refractivity contribution in [3.63, 3.8) is 0 Å². The van der Waals surface area contributed by atoms with Crippen LogP contribution >= 0.6 is 0 Å². The molecule has 176 valence electrons. The number of piperazine rings is 1. The minimum atomic E-state index is -0.384. The minimum absolute atomic E-state index is 0.0668. The number of likely N-dealkylation sites (tertiary alicyclic amines) is 1. The van der Waals surface area contributed by atoms with E-state index in [1.54, 1.807) is 18.2 Å². The number of guanidine groups is 1. The molecule has 10 heteroatoms. The Labute approximate surface area is 189 Å². The molecule has 0 radical (unpaired) electrons. The molecular formula is C22H35N7O3. The molecule has 0 bridgehead atoms. The summed E-state index contributed by atoms with van der Waals surface area (Å²) in [5, 5.41) is 17.6. The first kappa shape index (κ1) is 23.8. The van der Waals surface area contributed by atoms with Gasteiger partial charge in [0.15, 0.2) is 5.96 Å². The predicted molar refractivity (Wildman–Crippen MR) is 126 cm³/mol. The number of rotatable bonds is 8. The van der Waals surface area contributed by atoms with E-state index in [-0.39, 0.29) is 22.6 Å². The molecule has 2 heterocycles. The second kappa shape index (κ2) is 11.7. The third kappa shape index (κ3) is 6.09. The molecule has 1 unspecified atom stereocenters. The summed E-state index contributed by atoms with van der Waals surface area (Å²) in [5.41, 5.74) is 0.570. The van der Waals surface area contributed by atoms with Crippen LogP contribution in [0.25, 0.3) is 0 Å². The van der Waals surface area contributed by atoms with E-state index in [1.807, 2.05) is 18.7 Å². The van der Waals surface area contributed by atoms with Crippen molar-refractivity contribution in [2.24, 2.45) is 4.99 Å². The van der Waals surface area contributed by atoms with E-state index >= 15 is 0 Å². The number of aliphatic imine (C=N–C) groups is 1. The number of nitro groups is 1. The van der Waals surface area contributed by atoms with Crippen LogP contribution in [0.3, 0.4) is 0 Å². The van der Waals surface area contributed by atoms with Gasteiger partial charge in [-0.3, -0.25) is 24.8 Å². The Morgan fingerprint density at radius 2 is 1.81 bits per heavy atom. The number of hydrogen-bond donors (Lipinski definition) is 2. The molecule has 1 amide bonds. The zero-order chi connectivity index (χ0) is 22.9. The predicted octanol–water partition coefficient (Wildman–Crippen LogP) is 1.60. The number of para-hydroxylation sites is 2. The number of amides is 1. The van der Waals surface area contributed by atoms with Gasteiger partial charge in [-0.2, -0.15) is 0 Å². The van der Waals surface area contributed by atoms with Gasteiger partial charge >= 0.3 is 0 Å². The fourth-order valence-corrected chi connectivity index (χ4v) is 4.24. The summed E-state index contributed by atoms with van der Waals surface area (Å²) in [5.74, 6) is 1.09. The Balaban J connectivity index is 1.50. The standard InChI is InChI=1S/C22H35N7O3/c1-3-23-22(25-11-10-24-19-8-4-5-9-20(19)29(31)32)28-16-14-26(15-17-28)18(2)21(30)27-12-6-7-13-27/h4-5,8-9,18,24H,3,6-7,10-17H2,1-2H3,(H,23,25). The van der Waals surface area contributed by atoms with Crippen LogP contribution in [0.1, 0.15) is 26.7 Å². The molecule has 1 atom stereocenters. The molecule has 0 spiro atoms. The lowest BCUT2D eigenvalue weighted by Gasteiger charge is -2.39. The molecule has 2 aliphatic rings. The number of benzene rings is 1. The maximum Gasteiger partial charge on any atom is 0.292 e. The van der Waals surface area contributed by atoms with Gasteiger partial charge in [-0.25, -0.2) is 0 Å². The molecule has 0 aromatic heterocycles. The number of anilines is 1. The molecular weight excluding hydrogens is 410 g/mol. The van der Waals surface area contributed by atoms with Gasteiger partial charge in [-0.15, -0.1) is 0 Å². The number of nitrogens with zero attached hydrogens (tertiary/aromatic N) is 5. The van der Waals surface area contributed by atoms with Gasteiger partial charge in [0.25, 0.3) is 5.69 Å². The molecule has 0 saturated carbocycles. The summed E-state index contributed by atoms with van der Waals surface area (Å²) in [6.07, 6.45) is 2.22. The Hall–Kier alpha value is -2.88. The Kier molecular flexibility index (Phi) is 8.66. The first-order valence-electron chi connectivity index (χ1n) is 11.5. The largest absolute Gasteiger partial charge is 0.378 e. The van der Waals surface area contributed by atoms with Crippen LogP contribution in [0.5, 0.6) is 0 Å². The zero-order valence-electron chi connectivity index (χ0n) is 19.1. The van der Waals surface area contributed by atoms with E-state index in [1.165, 1.54) is 6.07 Å².